The maximum absolute atomic E-state index is 9.87. The molecule has 15 rings (SSSR count). The van der Waals surface area contributed by atoms with Crippen LogP contribution in [-0.2, 0) is 5.41 Å². The molecule has 8 nitrogen and oxygen atoms in total. The van der Waals surface area contributed by atoms with Gasteiger partial charge in [-0.1, -0.05) is 84.9 Å². The number of fused-ring (bicyclic) bond motifs is 18. The van der Waals surface area contributed by atoms with Gasteiger partial charge in [0, 0.05) is 72.6 Å². The summed E-state index contributed by atoms with van der Waals surface area (Å²) in [5, 5.41) is 26.2. The number of para-hydroxylation sites is 4. The van der Waals surface area contributed by atoms with Gasteiger partial charge in [0.05, 0.1) is 85.1 Å². The van der Waals surface area contributed by atoms with E-state index in [-0.39, 0.29) is 0 Å². The monoisotopic (exact) mass is 879 g/mol. The Bertz CT molecular complexity index is 4520. The summed E-state index contributed by atoms with van der Waals surface area (Å²) >= 11 is 0. The number of nitriles is 2. The zero-order valence-corrected chi connectivity index (χ0v) is 36.6. The summed E-state index contributed by atoms with van der Waals surface area (Å²) < 4.78 is 14.0. The lowest BCUT2D eigenvalue weighted by Crippen LogP contribution is -2.32. The van der Waals surface area contributed by atoms with Gasteiger partial charge in [-0.25, -0.2) is 0 Å². The molecule has 1 aliphatic heterocycles. The average molecular weight is 880 g/mol. The van der Waals surface area contributed by atoms with Crippen molar-refractivity contribution >= 4 is 65.4 Å². The van der Waals surface area contributed by atoms with Crippen molar-refractivity contribution in [2.24, 2.45) is 0 Å². The van der Waals surface area contributed by atoms with E-state index in [0.717, 1.165) is 128 Å². The van der Waals surface area contributed by atoms with Crippen molar-refractivity contribution in [3.05, 3.63) is 234 Å². The van der Waals surface area contributed by atoms with Crippen molar-refractivity contribution in [2.45, 2.75) is 5.41 Å². The van der Waals surface area contributed by atoms with Gasteiger partial charge in [-0.2, -0.15) is 10.5 Å². The van der Waals surface area contributed by atoms with E-state index in [1.165, 1.54) is 0 Å². The van der Waals surface area contributed by atoms with Crippen LogP contribution in [0.25, 0.3) is 93.9 Å². The molecule has 2 aliphatic rings. The predicted molar refractivity (Wildman–Crippen MR) is 272 cm³/mol. The summed E-state index contributed by atoms with van der Waals surface area (Å²) in [7, 11) is 0. The maximum Gasteiger partial charge on any atom is 0.134 e. The molecule has 0 N–H and O–H groups in total. The highest BCUT2D eigenvalue weighted by Gasteiger charge is 2.52. The molecule has 8 heteroatoms. The highest BCUT2D eigenvalue weighted by molar-refractivity contribution is 6.13. The molecule has 13 aromatic rings. The van der Waals surface area contributed by atoms with E-state index in [0.29, 0.717) is 11.1 Å². The van der Waals surface area contributed by atoms with Crippen molar-refractivity contribution in [1.82, 2.24) is 23.7 Å². The number of nitrogens with zero attached hydrogens (tertiary/aromatic N) is 7. The topological polar surface area (TPSA) is 97.4 Å². The minimum Gasteiger partial charge on any atom is -0.457 e. The molecule has 0 saturated carbocycles. The molecule has 318 valence electrons. The normalized spacial score (nSPS) is 14.5. The summed E-state index contributed by atoms with van der Waals surface area (Å²) in [4.78, 5) is 10.3. The Balaban J connectivity index is 0.950. The Morgan fingerprint density at radius 2 is 0.870 bits per heavy atom. The third kappa shape index (κ3) is 4.88. The minimum atomic E-state index is -0.816. The second kappa shape index (κ2) is 13.6. The molecule has 5 aromatic heterocycles. The minimum absolute atomic E-state index is 0.620. The molecule has 0 radical (unpaired) electrons. The van der Waals surface area contributed by atoms with Gasteiger partial charge in [-0.15, -0.1) is 0 Å². The first-order chi connectivity index (χ1) is 34.1. The summed E-state index contributed by atoms with van der Waals surface area (Å²) in [5.74, 6) is 1.53. The Morgan fingerprint density at radius 1 is 0.377 bits per heavy atom. The molecule has 6 heterocycles. The molecule has 0 saturated heterocycles. The van der Waals surface area contributed by atoms with E-state index in [9.17, 15) is 10.5 Å². The molecule has 1 spiro atoms. The Kier molecular flexibility index (Phi) is 7.41. The van der Waals surface area contributed by atoms with Crippen LogP contribution < -0.4 is 4.74 Å². The van der Waals surface area contributed by atoms with Crippen LogP contribution in [-0.4, -0.2) is 23.7 Å². The standard InChI is InChI=1S/C61H33N7O/c62-33-36-19-24-54-44(28-36)41-10-1-5-15-51(41)66(54)38-22-26-56-46(30-38)43-12-3-6-16-52(43)67(56)39-21-23-48-58(32-39)69-57-18-8-4-13-47(57)61(48)49-14-9-27-64-59(49)60-50(61)31-40(35-65-60)68-53-17-7-2-11-42(53)45-29-37(34-63)20-25-55(45)68/h1-32,35H. The van der Waals surface area contributed by atoms with E-state index in [1.54, 1.807) is 0 Å². The Morgan fingerprint density at radius 3 is 1.52 bits per heavy atom. The van der Waals surface area contributed by atoms with Gasteiger partial charge in [0.2, 0.25) is 0 Å². The second-order valence-electron chi connectivity index (χ2n) is 18.0. The lowest BCUT2D eigenvalue weighted by Gasteiger charge is -2.39. The molecule has 0 amide bonds. The number of aromatic nitrogens is 5. The highest BCUT2D eigenvalue weighted by Crippen LogP contribution is 2.62. The van der Waals surface area contributed by atoms with Crippen LogP contribution in [0.5, 0.6) is 11.5 Å². The van der Waals surface area contributed by atoms with Gasteiger partial charge in [0.15, 0.2) is 0 Å². The zero-order valence-electron chi connectivity index (χ0n) is 36.6. The van der Waals surface area contributed by atoms with Crippen molar-refractivity contribution in [3.63, 3.8) is 0 Å². The van der Waals surface area contributed by atoms with Crippen molar-refractivity contribution in [3.8, 4) is 52.1 Å². The SMILES string of the molecule is N#Cc1ccc2c(c1)c1ccccc1n2-c1cnc2c(c1)C1(c3ccccc3Oc3cc(-n4c5ccccc5c5cc(-n6c7ccccc7c7cc(C#N)ccc76)ccc54)ccc31)c1cccnc1-2. The number of benzene rings is 8. The summed E-state index contributed by atoms with van der Waals surface area (Å²) in [6.07, 6.45) is 3.81. The van der Waals surface area contributed by atoms with E-state index in [2.05, 4.69) is 165 Å². The fourth-order valence-corrected chi connectivity index (χ4v) is 11.9. The number of hydrogen-bond donors (Lipinski definition) is 0. The van der Waals surface area contributed by atoms with Gasteiger partial charge in [-0.05, 0) is 103 Å². The quantitative estimate of drug-likeness (QED) is 0.176. The second-order valence-corrected chi connectivity index (χ2v) is 18.0. The summed E-state index contributed by atoms with van der Waals surface area (Å²) in [6.45, 7) is 0. The molecule has 0 bridgehead atoms. The molecule has 1 atom stereocenters. The predicted octanol–water partition coefficient (Wildman–Crippen LogP) is 14.0. The third-order valence-corrected chi connectivity index (χ3v) is 14.6. The third-order valence-electron chi connectivity index (χ3n) is 14.6. The molecular weight excluding hydrogens is 847 g/mol. The first-order valence-corrected chi connectivity index (χ1v) is 22.9. The van der Waals surface area contributed by atoms with Crippen LogP contribution in [0.1, 0.15) is 33.4 Å². The van der Waals surface area contributed by atoms with E-state index >= 15 is 0 Å². The van der Waals surface area contributed by atoms with Crippen LogP contribution in [0.4, 0.5) is 0 Å². The van der Waals surface area contributed by atoms with Crippen LogP contribution >= 0.6 is 0 Å². The zero-order chi connectivity index (χ0) is 45.5. The van der Waals surface area contributed by atoms with Crippen LogP contribution in [0.3, 0.4) is 0 Å². The van der Waals surface area contributed by atoms with Crippen LogP contribution in [0.15, 0.2) is 200 Å². The Hall–Kier alpha value is -9.76. The maximum atomic E-state index is 9.87. The summed E-state index contributed by atoms with van der Waals surface area (Å²) in [6, 6.07) is 70.1. The van der Waals surface area contributed by atoms with E-state index < -0.39 is 5.41 Å². The fourth-order valence-electron chi connectivity index (χ4n) is 11.9. The largest absolute Gasteiger partial charge is 0.457 e. The molecule has 1 unspecified atom stereocenters. The Labute approximate surface area is 394 Å². The number of rotatable bonds is 3. The number of pyridine rings is 2. The number of ether oxygens (including phenoxy) is 1. The average Bonchev–Trinajstić information content (AvgIpc) is 4.12. The lowest BCUT2D eigenvalue weighted by molar-refractivity contribution is 0.436. The summed E-state index contributed by atoms with van der Waals surface area (Å²) in [5.41, 5.74) is 15.5. The molecule has 69 heavy (non-hydrogen) atoms. The van der Waals surface area contributed by atoms with Gasteiger partial charge in [0.1, 0.15) is 11.5 Å². The molecule has 8 aromatic carbocycles. The smallest absolute Gasteiger partial charge is 0.134 e. The van der Waals surface area contributed by atoms with Crippen molar-refractivity contribution in [1.29, 1.82) is 10.5 Å². The van der Waals surface area contributed by atoms with Crippen molar-refractivity contribution < 1.29 is 4.74 Å². The van der Waals surface area contributed by atoms with E-state index in [4.69, 9.17) is 14.7 Å². The highest BCUT2D eigenvalue weighted by atomic mass is 16.5. The van der Waals surface area contributed by atoms with Gasteiger partial charge >= 0.3 is 0 Å². The van der Waals surface area contributed by atoms with Crippen molar-refractivity contribution in [2.75, 3.05) is 0 Å². The van der Waals surface area contributed by atoms with Crippen LogP contribution in [0.2, 0.25) is 0 Å². The fraction of sp³-hybridized carbons (Fsp3) is 0.0164. The van der Waals surface area contributed by atoms with Gasteiger partial charge in [0.25, 0.3) is 0 Å². The molecular formula is C61H33N7O. The van der Waals surface area contributed by atoms with Gasteiger partial charge in [-0.3, -0.25) is 9.97 Å². The van der Waals surface area contributed by atoms with Gasteiger partial charge < -0.3 is 18.4 Å². The lowest BCUT2D eigenvalue weighted by atomic mass is 9.66. The molecule has 0 fully saturated rings. The first-order valence-electron chi connectivity index (χ1n) is 22.9. The van der Waals surface area contributed by atoms with E-state index in [1.807, 2.05) is 60.9 Å². The molecule has 1 aliphatic carbocycles. The van der Waals surface area contributed by atoms with Crippen LogP contribution in [0, 0.1) is 22.7 Å². The number of hydrogen-bond acceptors (Lipinski definition) is 5. The first kappa shape index (κ1) is 37.5.